The predicted octanol–water partition coefficient (Wildman–Crippen LogP) is 3.94. The molecular formula is C20H31FIN3O3. The van der Waals surface area contributed by atoms with Crippen molar-refractivity contribution in [1.82, 2.24) is 10.6 Å². The summed E-state index contributed by atoms with van der Waals surface area (Å²) in [4.78, 5) is 16.0. The number of ether oxygens (including phenoxy) is 2. The first kappa shape index (κ1) is 24.5. The maximum atomic E-state index is 13.9. The average Bonchev–Trinajstić information content (AvgIpc) is 3.16. The number of carbonyl (C=O) groups is 1. The molecule has 1 saturated carbocycles. The van der Waals surface area contributed by atoms with Crippen molar-refractivity contribution in [3.8, 4) is 5.75 Å². The van der Waals surface area contributed by atoms with Crippen LogP contribution in [0.25, 0.3) is 0 Å². The second kappa shape index (κ2) is 12.8. The lowest BCUT2D eigenvalue weighted by molar-refractivity contribution is -0.148. The van der Waals surface area contributed by atoms with Crippen molar-refractivity contribution in [3.63, 3.8) is 0 Å². The zero-order chi connectivity index (χ0) is 19.6. The minimum absolute atomic E-state index is 0. The second-order valence-electron chi connectivity index (χ2n) is 6.76. The van der Waals surface area contributed by atoms with Crippen molar-refractivity contribution in [1.29, 1.82) is 0 Å². The minimum Gasteiger partial charge on any atom is -0.494 e. The van der Waals surface area contributed by atoms with E-state index in [9.17, 15) is 9.18 Å². The van der Waals surface area contributed by atoms with Gasteiger partial charge in [0.2, 0.25) is 0 Å². The van der Waals surface area contributed by atoms with Crippen LogP contribution in [0, 0.1) is 5.82 Å². The Hall–Kier alpha value is -1.58. The van der Waals surface area contributed by atoms with E-state index >= 15 is 0 Å². The zero-order valence-electron chi connectivity index (χ0n) is 16.8. The van der Waals surface area contributed by atoms with Crippen molar-refractivity contribution in [2.24, 2.45) is 4.99 Å². The fraction of sp³-hybridized carbons (Fsp3) is 0.600. The minimum atomic E-state index is -0.396. The summed E-state index contributed by atoms with van der Waals surface area (Å²) >= 11 is 0. The number of hydrogen-bond acceptors (Lipinski definition) is 4. The van der Waals surface area contributed by atoms with Crippen molar-refractivity contribution >= 4 is 35.9 Å². The van der Waals surface area contributed by atoms with Gasteiger partial charge in [0.05, 0.1) is 13.2 Å². The van der Waals surface area contributed by atoms with Gasteiger partial charge in [0.1, 0.15) is 6.10 Å². The molecule has 0 amide bonds. The Kier molecular flexibility index (Phi) is 11.2. The van der Waals surface area contributed by atoms with Crippen LogP contribution in [0.2, 0.25) is 0 Å². The van der Waals surface area contributed by atoms with E-state index in [1.165, 1.54) is 13.2 Å². The van der Waals surface area contributed by atoms with Crippen molar-refractivity contribution in [2.75, 3.05) is 20.7 Å². The molecule has 0 saturated heterocycles. The van der Waals surface area contributed by atoms with Crippen molar-refractivity contribution in [3.05, 3.63) is 29.6 Å². The van der Waals surface area contributed by atoms with Crippen LogP contribution in [0.4, 0.5) is 4.39 Å². The summed E-state index contributed by atoms with van der Waals surface area (Å²) in [6.45, 7) is 2.52. The van der Waals surface area contributed by atoms with E-state index in [-0.39, 0.29) is 47.8 Å². The Balaban J connectivity index is 0.00000392. The fourth-order valence-electron chi connectivity index (χ4n) is 3.13. The highest BCUT2D eigenvalue weighted by atomic mass is 127. The molecule has 1 fully saturated rings. The van der Waals surface area contributed by atoms with Crippen LogP contribution in [0.1, 0.15) is 57.1 Å². The van der Waals surface area contributed by atoms with Gasteiger partial charge < -0.3 is 20.1 Å². The Morgan fingerprint density at radius 2 is 2.07 bits per heavy atom. The largest absolute Gasteiger partial charge is 0.494 e. The molecule has 1 aliphatic carbocycles. The molecule has 1 unspecified atom stereocenters. The number of halogens is 2. The Morgan fingerprint density at radius 3 is 2.68 bits per heavy atom. The van der Waals surface area contributed by atoms with Crippen LogP contribution in [0.15, 0.2) is 23.2 Å². The van der Waals surface area contributed by atoms with Crippen LogP contribution in [-0.4, -0.2) is 38.7 Å². The third-order valence-electron chi connectivity index (χ3n) is 4.70. The van der Waals surface area contributed by atoms with Gasteiger partial charge >= 0.3 is 5.97 Å². The molecule has 1 atom stereocenters. The predicted molar refractivity (Wildman–Crippen MR) is 119 cm³/mol. The first-order valence-corrected chi connectivity index (χ1v) is 9.53. The zero-order valence-corrected chi connectivity index (χ0v) is 19.1. The van der Waals surface area contributed by atoms with E-state index in [2.05, 4.69) is 15.6 Å². The number of carbonyl (C=O) groups excluding carboxylic acids is 1. The van der Waals surface area contributed by atoms with E-state index in [0.717, 1.165) is 31.2 Å². The molecule has 1 aromatic rings. The number of guanidine groups is 1. The molecule has 1 aromatic carbocycles. The number of benzene rings is 1. The highest BCUT2D eigenvalue weighted by Gasteiger charge is 2.18. The molecule has 158 valence electrons. The summed E-state index contributed by atoms with van der Waals surface area (Å²) in [5, 5.41) is 6.38. The topological polar surface area (TPSA) is 72.0 Å². The van der Waals surface area contributed by atoms with Crippen LogP contribution >= 0.6 is 24.0 Å². The Morgan fingerprint density at radius 1 is 1.36 bits per heavy atom. The molecule has 0 radical (unpaired) electrons. The van der Waals surface area contributed by atoms with Gasteiger partial charge in [0, 0.05) is 20.0 Å². The number of rotatable bonds is 8. The molecule has 28 heavy (non-hydrogen) atoms. The maximum absolute atomic E-state index is 13.9. The summed E-state index contributed by atoms with van der Waals surface area (Å²) < 4.78 is 24.2. The lowest BCUT2D eigenvalue weighted by Crippen LogP contribution is -2.39. The lowest BCUT2D eigenvalue weighted by atomic mass is 10.1. The van der Waals surface area contributed by atoms with E-state index in [4.69, 9.17) is 9.47 Å². The first-order chi connectivity index (χ1) is 13.0. The molecule has 8 heteroatoms. The first-order valence-electron chi connectivity index (χ1n) is 9.53. The highest BCUT2D eigenvalue weighted by molar-refractivity contribution is 14.0. The molecule has 0 bridgehead atoms. The molecule has 0 aromatic heterocycles. The number of esters is 1. The van der Waals surface area contributed by atoms with Gasteiger partial charge in [-0.3, -0.25) is 9.79 Å². The molecular weight excluding hydrogens is 476 g/mol. The van der Waals surface area contributed by atoms with E-state index in [0.29, 0.717) is 25.3 Å². The number of aliphatic imine (C=N–C) groups is 1. The second-order valence-corrected chi connectivity index (χ2v) is 6.76. The number of nitrogens with one attached hydrogen (secondary N) is 2. The van der Waals surface area contributed by atoms with Gasteiger partial charge in [0.15, 0.2) is 17.5 Å². The lowest BCUT2D eigenvalue weighted by Gasteiger charge is -2.19. The SMILES string of the molecule is CN=C(NCCCC(=O)OC1CCCC1)NC(C)c1ccc(OC)c(F)c1.I. The fourth-order valence-corrected chi connectivity index (χ4v) is 3.13. The Bertz CT molecular complexity index is 652. The average molecular weight is 507 g/mol. The monoisotopic (exact) mass is 507 g/mol. The molecule has 0 spiro atoms. The highest BCUT2D eigenvalue weighted by Crippen LogP contribution is 2.22. The number of nitrogens with zero attached hydrogens (tertiary/aromatic N) is 1. The smallest absolute Gasteiger partial charge is 0.306 e. The van der Waals surface area contributed by atoms with Crippen LogP contribution in [-0.2, 0) is 9.53 Å². The summed E-state index contributed by atoms with van der Waals surface area (Å²) in [7, 11) is 3.11. The van der Waals surface area contributed by atoms with E-state index < -0.39 is 5.82 Å². The molecule has 6 nitrogen and oxygen atoms in total. The Labute approximate surface area is 183 Å². The maximum Gasteiger partial charge on any atom is 0.306 e. The van der Waals surface area contributed by atoms with Gasteiger partial charge in [-0.1, -0.05) is 6.07 Å². The van der Waals surface area contributed by atoms with Gasteiger partial charge in [0.25, 0.3) is 0 Å². The van der Waals surface area contributed by atoms with Gasteiger partial charge in [-0.2, -0.15) is 0 Å². The molecule has 2 N–H and O–H groups in total. The summed E-state index contributed by atoms with van der Waals surface area (Å²) in [6, 6.07) is 4.73. The normalized spacial score (nSPS) is 15.5. The summed E-state index contributed by atoms with van der Waals surface area (Å²) in [5.74, 6) is 0.293. The summed E-state index contributed by atoms with van der Waals surface area (Å²) in [5.41, 5.74) is 0.788. The molecule has 0 aliphatic heterocycles. The third-order valence-corrected chi connectivity index (χ3v) is 4.70. The van der Waals surface area contributed by atoms with Gasteiger partial charge in [-0.05, 0) is 56.7 Å². The summed E-state index contributed by atoms with van der Waals surface area (Å²) in [6.07, 6.45) is 5.45. The van der Waals surface area contributed by atoms with Crippen molar-refractivity contribution in [2.45, 2.75) is 57.6 Å². The van der Waals surface area contributed by atoms with Gasteiger partial charge in [-0.15, -0.1) is 24.0 Å². The van der Waals surface area contributed by atoms with Crippen LogP contribution in [0.5, 0.6) is 5.75 Å². The standard InChI is InChI=1S/C20H30FN3O3.HI/c1-14(15-10-11-18(26-3)17(21)13-15)24-20(22-2)23-12-6-9-19(25)27-16-7-4-5-8-16;/h10-11,13-14,16H,4-9,12H2,1-3H3,(H2,22,23,24);1H. The quantitative estimate of drug-likeness (QED) is 0.183. The number of methoxy groups -OCH3 is 1. The van der Waals surface area contributed by atoms with Crippen LogP contribution < -0.4 is 15.4 Å². The molecule has 0 heterocycles. The molecule has 2 rings (SSSR count). The van der Waals surface area contributed by atoms with E-state index in [1.807, 2.05) is 13.0 Å². The number of hydrogen-bond donors (Lipinski definition) is 2. The van der Waals surface area contributed by atoms with E-state index in [1.54, 1.807) is 13.1 Å². The van der Waals surface area contributed by atoms with Gasteiger partial charge in [-0.25, -0.2) is 4.39 Å². The van der Waals surface area contributed by atoms with Crippen molar-refractivity contribution < 1.29 is 18.7 Å². The third kappa shape index (κ3) is 7.81. The molecule has 1 aliphatic rings. The van der Waals surface area contributed by atoms with Crippen LogP contribution in [0.3, 0.4) is 0 Å².